The van der Waals surface area contributed by atoms with Gasteiger partial charge in [0, 0.05) is 31.3 Å². The Morgan fingerprint density at radius 3 is 2.32 bits per heavy atom. The Morgan fingerprint density at radius 1 is 0.882 bits per heavy atom. The number of imidazole rings is 1. The molecule has 4 rings (SSSR count). The first kappa shape index (κ1) is 22.8. The van der Waals surface area contributed by atoms with E-state index in [9.17, 15) is 14.4 Å². The molecular weight excluding hydrogens is 432 g/mol. The Morgan fingerprint density at radius 2 is 1.59 bits per heavy atom. The molecule has 0 unspecified atom stereocenters. The Balaban J connectivity index is 1.47. The number of para-hydroxylation sites is 3. The zero-order valence-corrected chi connectivity index (χ0v) is 19.1. The maximum atomic E-state index is 12.9. The van der Waals surface area contributed by atoms with E-state index in [1.807, 2.05) is 31.2 Å². The molecule has 0 saturated heterocycles. The zero-order valence-electron chi connectivity index (χ0n) is 19.1. The smallest absolute Gasteiger partial charge is 0.329 e. The van der Waals surface area contributed by atoms with Gasteiger partial charge in [0.05, 0.1) is 29.4 Å². The van der Waals surface area contributed by atoms with E-state index in [-0.39, 0.29) is 30.5 Å². The van der Waals surface area contributed by atoms with Gasteiger partial charge in [-0.2, -0.15) is 0 Å². The Hall–Kier alpha value is -4.33. The number of benzene rings is 3. The van der Waals surface area contributed by atoms with Crippen LogP contribution < -0.4 is 21.1 Å². The topological polar surface area (TPSA) is 94.4 Å². The van der Waals surface area contributed by atoms with Gasteiger partial charge in [-0.25, -0.2) is 4.79 Å². The number of nitrogens with one attached hydrogen (secondary N) is 2. The van der Waals surface area contributed by atoms with Crippen LogP contribution in [0.5, 0.6) is 5.75 Å². The summed E-state index contributed by atoms with van der Waals surface area (Å²) in [4.78, 5) is 38.4. The minimum absolute atomic E-state index is 0.0868. The van der Waals surface area contributed by atoms with Crippen LogP contribution in [0.4, 0.5) is 11.4 Å². The average molecular weight is 459 g/mol. The number of aromatic nitrogens is 2. The second-order valence-corrected chi connectivity index (χ2v) is 7.70. The fourth-order valence-electron chi connectivity index (χ4n) is 3.91. The highest BCUT2D eigenvalue weighted by molar-refractivity contribution is 6.10. The number of carbonyl (C=O) groups excluding carboxylic acids is 2. The first-order chi connectivity index (χ1) is 16.5. The molecule has 4 aromatic rings. The van der Waals surface area contributed by atoms with Crippen molar-refractivity contribution in [3.05, 3.63) is 88.8 Å². The molecule has 1 aromatic heterocycles. The summed E-state index contributed by atoms with van der Waals surface area (Å²) in [5, 5.41) is 5.63. The molecule has 34 heavy (non-hydrogen) atoms. The molecule has 8 heteroatoms. The molecule has 0 bridgehead atoms. The summed E-state index contributed by atoms with van der Waals surface area (Å²) in [7, 11) is 1.56. The summed E-state index contributed by atoms with van der Waals surface area (Å²) in [5.41, 5.74) is 2.80. The van der Waals surface area contributed by atoms with Crippen molar-refractivity contribution in [2.45, 2.75) is 26.4 Å². The molecule has 0 aliphatic heterocycles. The monoisotopic (exact) mass is 458 g/mol. The molecule has 0 aliphatic rings. The van der Waals surface area contributed by atoms with E-state index in [1.54, 1.807) is 64.8 Å². The van der Waals surface area contributed by atoms with Gasteiger partial charge in [0.1, 0.15) is 5.75 Å². The predicted molar refractivity (Wildman–Crippen MR) is 133 cm³/mol. The van der Waals surface area contributed by atoms with Crippen molar-refractivity contribution in [1.82, 2.24) is 9.13 Å². The third kappa shape index (κ3) is 4.71. The van der Waals surface area contributed by atoms with Gasteiger partial charge in [0.2, 0.25) is 5.91 Å². The number of methoxy groups -OCH3 is 1. The highest BCUT2D eigenvalue weighted by atomic mass is 16.5. The summed E-state index contributed by atoms with van der Waals surface area (Å²) in [6, 6.07) is 21.4. The maximum Gasteiger partial charge on any atom is 0.329 e. The molecule has 2 N–H and O–H groups in total. The third-order valence-electron chi connectivity index (χ3n) is 5.58. The van der Waals surface area contributed by atoms with E-state index < -0.39 is 0 Å². The van der Waals surface area contributed by atoms with Crippen LogP contribution >= 0.6 is 0 Å². The summed E-state index contributed by atoms with van der Waals surface area (Å²) in [5.74, 6) is -0.0210. The van der Waals surface area contributed by atoms with Crippen molar-refractivity contribution < 1.29 is 14.3 Å². The van der Waals surface area contributed by atoms with Crippen LogP contribution in [-0.4, -0.2) is 28.1 Å². The molecule has 2 amide bonds. The lowest BCUT2D eigenvalue weighted by atomic mass is 10.1. The molecule has 0 fully saturated rings. The second kappa shape index (κ2) is 10.1. The quantitative estimate of drug-likeness (QED) is 0.415. The molecule has 0 atom stereocenters. The van der Waals surface area contributed by atoms with Crippen LogP contribution in [-0.2, 0) is 17.9 Å². The summed E-state index contributed by atoms with van der Waals surface area (Å²) in [6.45, 7) is 2.70. The first-order valence-corrected chi connectivity index (χ1v) is 11.0. The number of carbonyl (C=O) groups is 2. The van der Waals surface area contributed by atoms with Crippen molar-refractivity contribution >= 4 is 34.2 Å². The lowest BCUT2D eigenvalue weighted by Crippen LogP contribution is -2.26. The van der Waals surface area contributed by atoms with Gasteiger partial charge < -0.3 is 15.4 Å². The molecule has 8 nitrogen and oxygen atoms in total. The van der Waals surface area contributed by atoms with Crippen LogP contribution in [0.1, 0.15) is 23.7 Å². The minimum Gasteiger partial charge on any atom is -0.497 e. The number of aryl methyl sites for hydroxylation is 2. The highest BCUT2D eigenvalue weighted by Crippen LogP contribution is 2.21. The van der Waals surface area contributed by atoms with Crippen LogP contribution in [0.25, 0.3) is 11.0 Å². The van der Waals surface area contributed by atoms with Crippen molar-refractivity contribution in [3.8, 4) is 5.75 Å². The van der Waals surface area contributed by atoms with Crippen LogP contribution in [0.2, 0.25) is 0 Å². The average Bonchev–Trinajstić information content (AvgIpc) is 3.13. The van der Waals surface area contributed by atoms with Crippen molar-refractivity contribution in [3.63, 3.8) is 0 Å². The van der Waals surface area contributed by atoms with Crippen molar-refractivity contribution in [2.75, 3.05) is 17.7 Å². The van der Waals surface area contributed by atoms with Crippen LogP contribution in [0, 0.1) is 0 Å². The van der Waals surface area contributed by atoms with Crippen LogP contribution in [0.15, 0.2) is 77.6 Å². The fourth-order valence-corrected chi connectivity index (χ4v) is 3.91. The summed E-state index contributed by atoms with van der Waals surface area (Å²) < 4.78 is 8.49. The van der Waals surface area contributed by atoms with Gasteiger partial charge in [-0.3, -0.25) is 18.7 Å². The number of nitrogens with zero attached hydrogens (tertiary/aromatic N) is 2. The van der Waals surface area contributed by atoms with E-state index in [4.69, 9.17) is 4.74 Å². The summed E-state index contributed by atoms with van der Waals surface area (Å²) in [6.07, 6.45) is 0.0868. The Labute approximate surface area is 196 Å². The molecule has 0 radical (unpaired) electrons. The van der Waals surface area contributed by atoms with E-state index in [2.05, 4.69) is 10.6 Å². The van der Waals surface area contributed by atoms with Crippen LogP contribution in [0.3, 0.4) is 0 Å². The molecular formula is C26H26N4O4. The number of hydrogen-bond donors (Lipinski definition) is 2. The Bertz CT molecular complexity index is 1400. The minimum atomic E-state index is -0.355. The molecule has 0 spiro atoms. The van der Waals surface area contributed by atoms with Crippen molar-refractivity contribution in [1.29, 1.82) is 0 Å². The second-order valence-electron chi connectivity index (χ2n) is 7.70. The normalized spacial score (nSPS) is 10.8. The van der Waals surface area contributed by atoms with Gasteiger partial charge in [0.25, 0.3) is 5.91 Å². The number of fused-ring (bicyclic) bond motifs is 1. The van der Waals surface area contributed by atoms with Gasteiger partial charge in [-0.15, -0.1) is 0 Å². The third-order valence-corrected chi connectivity index (χ3v) is 5.58. The standard InChI is InChI=1S/C26H26N4O4/c1-3-29-22-13-6-7-14-23(22)30(26(29)33)16-15-24(31)28-21-12-5-4-11-20(21)25(32)27-18-9-8-10-19(17-18)34-2/h4-14,17H,3,15-16H2,1-2H3,(H,27,32)(H,28,31). The number of amides is 2. The van der Waals surface area contributed by atoms with E-state index in [0.29, 0.717) is 29.2 Å². The lowest BCUT2D eigenvalue weighted by molar-refractivity contribution is -0.116. The van der Waals surface area contributed by atoms with Gasteiger partial charge in [-0.1, -0.05) is 30.3 Å². The van der Waals surface area contributed by atoms with Gasteiger partial charge in [0.15, 0.2) is 0 Å². The lowest BCUT2D eigenvalue weighted by Gasteiger charge is -2.12. The molecule has 0 aliphatic carbocycles. The number of anilines is 2. The number of ether oxygens (including phenoxy) is 1. The molecule has 174 valence electrons. The molecule has 0 saturated carbocycles. The Kier molecular flexibility index (Phi) is 6.77. The van der Waals surface area contributed by atoms with E-state index in [1.165, 1.54) is 0 Å². The highest BCUT2D eigenvalue weighted by Gasteiger charge is 2.16. The predicted octanol–water partition coefficient (Wildman–Crippen LogP) is 4.11. The summed E-state index contributed by atoms with van der Waals surface area (Å²) >= 11 is 0. The molecule has 3 aromatic carbocycles. The first-order valence-electron chi connectivity index (χ1n) is 11.0. The van der Waals surface area contributed by atoms with E-state index >= 15 is 0 Å². The number of rotatable bonds is 8. The maximum absolute atomic E-state index is 12.9. The SMILES string of the molecule is CCn1c(=O)n(CCC(=O)Nc2ccccc2C(=O)Nc2cccc(OC)c2)c2ccccc21. The number of hydrogen-bond acceptors (Lipinski definition) is 4. The van der Waals surface area contributed by atoms with Crippen molar-refractivity contribution in [2.24, 2.45) is 0 Å². The van der Waals surface area contributed by atoms with Gasteiger partial charge in [-0.05, 0) is 43.3 Å². The fraction of sp³-hybridized carbons (Fsp3) is 0.192. The molecule has 1 heterocycles. The largest absolute Gasteiger partial charge is 0.497 e. The zero-order chi connectivity index (χ0) is 24.1. The van der Waals surface area contributed by atoms with E-state index in [0.717, 1.165) is 11.0 Å². The van der Waals surface area contributed by atoms with Gasteiger partial charge >= 0.3 is 5.69 Å².